The summed E-state index contributed by atoms with van der Waals surface area (Å²) in [5.74, 6) is 2.27. The topological polar surface area (TPSA) is 89.3 Å². The minimum absolute atomic E-state index is 0.0964. The molecule has 4 rings (SSSR count). The summed E-state index contributed by atoms with van der Waals surface area (Å²) in [6.45, 7) is 8.79. The quantitative estimate of drug-likeness (QED) is 0.744. The van der Waals surface area contributed by atoms with Crippen LogP contribution in [0, 0.1) is 13.8 Å². The van der Waals surface area contributed by atoms with Crippen molar-refractivity contribution >= 4 is 5.91 Å². The number of carbonyl (C=O) groups is 1. The van der Waals surface area contributed by atoms with Crippen LogP contribution in [-0.4, -0.2) is 32.1 Å². The first kappa shape index (κ1) is 17.5. The smallest absolute Gasteiger partial charge is 0.271 e. The van der Waals surface area contributed by atoms with Gasteiger partial charge in [0.1, 0.15) is 23.0 Å². The third kappa shape index (κ3) is 3.40. The molecule has 0 saturated carbocycles. The van der Waals surface area contributed by atoms with Crippen molar-refractivity contribution in [3.05, 3.63) is 58.9 Å². The molecular formula is C19H23N5O3. The molecule has 0 bridgehead atoms. The zero-order valence-electron chi connectivity index (χ0n) is 15.7. The number of amides is 1. The van der Waals surface area contributed by atoms with Crippen molar-refractivity contribution in [2.45, 2.75) is 46.4 Å². The predicted molar refractivity (Wildman–Crippen MR) is 96.9 cm³/mol. The van der Waals surface area contributed by atoms with Gasteiger partial charge in [-0.1, -0.05) is 5.16 Å². The number of hydrogen-bond acceptors (Lipinski definition) is 6. The Morgan fingerprint density at radius 2 is 2.22 bits per heavy atom. The molecule has 1 aliphatic rings. The van der Waals surface area contributed by atoms with Crippen molar-refractivity contribution in [1.82, 2.24) is 24.9 Å². The Hall–Kier alpha value is -2.87. The Morgan fingerprint density at radius 1 is 1.37 bits per heavy atom. The lowest BCUT2D eigenvalue weighted by Gasteiger charge is -2.33. The first-order valence-corrected chi connectivity index (χ1v) is 9.06. The highest BCUT2D eigenvalue weighted by atomic mass is 16.5. The normalized spacial score (nSPS) is 17.1. The van der Waals surface area contributed by atoms with Gasteiger partial charge in [0, 0.05) is 31.4 Å². The van der Waals surface area contributed by atoms with Crippen molar-refractivity contribution in [2.24, 2.45) is 0 Å². The minimum atomic E-state index is -0.197. The van der Waals surface area contributed by atoms with Gasteiger partial charge in [0.05, 0.1) is 24.5 Å². The van der Waals surface area contributed by atoms with Crippen LogP contribution in [0.4, 0.5) is 0 Å². The third-order valence-corrected chi connectivity index (χ3v) is 5.14. The number of rotatable bonds is 5. The molecule has 1 N–H and O–H groups in total. The Labute approximate surface area is 157 Å². The highest BCUT2D eigenvalue weighted by Gasteiger charge is 2.28. The summed E-state index contributed by atoms with van der Waals surface area (Å²) in [7, 11) is 0. The molecule has 0 aromatic carbocycles. The van der Waals surface area contributed by atoms with Crippen LogP contribution in [0.25, 0.3) is 0 Å². The lowest BCUT2D eigenvalue weighted by atomic mass is 10.1. The van der Waals surface area contributed by atoms with Gasteiger partial charge in [-0.3, -0.25) is 9.69 Å². The largest absolute Gasteiger partial charge is 0.467 e. The highest BCUT2D eigenvalue weighted by Crippen LogP contribution is 2.27. The second-order valence-corrected chi connectivity index (χ2v) is 6.89. The number of aryl methyl sites for hydroxylation is 2. The summed E-state index contributed by atoms with van der Waals surface area (Å²) < 4.78 is 12.6. The summed E-state index contributed by atoms with van der Waals surface area (Å²) in [6, 6.07) is 3.72. The fourth-order valence-electron chi connectivity index (χ4n) is 3.46. The Kier molecular flexibility index (Phi) is 4.57. The van der Waals surface area contributed by atoms with Gasteiger partial charge < -0.3 is 18.8 Å². The van der Waals surface area contributed by atoms with E-state index in [1.54, 1.807) is 12.3 Å². The second-order valence-electron chi connectivity index (χ2n) is 6.89. The van der Waals surface area contributed by atoms with E-state index >= 15 is 0 Å². The maximum Gasteiger partial charge on any atom is 0.271 e. The van der Waals surface area contributed by atoms with Crippen LogP contribution in [0.15, 0.2) is 33.5 Å². The molecule has 0 fully saturated rings. The van der Waals surface area contributed by atoms with Gasteiger partial charge in [-0.2, -0.15) is 0 Å². The molecule has 8 heteroatoms. The van der Waals surface area contributed by atoms with Crippen molar-refractivity contribution in [1.29, 1.82) is 0 Å². The van der Waals surface area contributed by atoms with Crippen molar-refractivity contribution in [3.8, 4) is 0 Å². The molecule has 1 amide bonds. The van der Waals surface area contributed by atoms with E-state index in [1.807, 2.05) is 26.1 Å². The number of aromatic nitrogens is 3. The van der Waals surface area contributed by atoms with Gasteiger partial charge >= 0.3 is 0 Å². The average Bonchev–Trinajstić information content (AvgIpc) is 3.38. The van der Waals surface area contributed by atoms with Crippen LogP contribution >= 0.6 is 0 Å². The highest BCUT2D eigenvalue weighted by molar-refractivity contribution is 5.92. The van der Waals surface area contributed by atoms with E-state index < -0.39 is 0 Å². The zero-order chi connectivity index (χ0) is 19.0. The van der Waals surface area contributed by atoms with E-state index in [0.29, 0.717) is 18.0 Å². The molecule has 0 radical (unpaired) electrons. The molecule has 1 aliphatic heterocycles. The number of nitrogens with zero attached hydrogens (tertiary/aromatic N) is 4. The van der Waals surface area contributed by atoms with Crippen LogP contribution in [0.3, 0.4) is 0 Å². The van der Waals surface area contributed by atoms with E-state index in [0.717, 1.165) is 42.5 Å². The second kappa shape index (κ2) is 7.03. The summed E-state index contributed by atoms with van der Waals surface area (Å²) >= 11 is 0. The van der Waals surface area contributed by atoms with E-state index in [-0.39, 0.29) is 11.9 Å². The lowest BCUT2D eigenvalue weighted by Crippen LogP contribution is -2.36. The van der Waals surface area contributed by atoms with Crippen molar-refractivity contribution in [3.63, 3.8) is 0 Å². The molecule has 1 atom stereocenters. The summed E-state index contributed by atoms with van der Waals surface area (Å²) in [6.07, 6.45) is 3.42. The first-order chi connectivity index (χ1) is 13.0. The molecule has 4 heterocycles. The molecule has 27 heavy (non-hydrogen) atoms. The Bertz CT molecular complexity index is 921. The van der Waals surface area contributed by atoms with Gasteiger partial charge in [-0.05, 0) is 32.9 Å². The SMILES string of the molecule is Cc1noc(C)c1CN1CCn2cc(C(=O)NCc3ccco3)nc2[C@H]1C. The van der Waals surface area contributed by atoms with E-state index in [1.165, 1.54) is 0 Å². The van der Waals surface area contributed by atoms with Crippen molar-refractivity contribution < 1.29 is 13.7 Å². The Morgan fingerprint density at radius 3 is 2.93 bits per heavy atom. The van der Waals surface area contributed by atoms with Gasteiger partial charge in [-0.15, -0.1) is 0 Å². The number of nitrogens with one attached hydrogen (secondary N) is 1. The summed E-state index contributed by atoms with van der Waals surface area (Å²) in [5, 5.41) is 6.88. The van der Waals surface area contributed by atoms with Crippen LogP contribution < -0.4 is 5.32 Å². The minimum Gasteiger partial charge on any atom is -0.467 e. The van der Waals surface area contributed by atoms with Crippen LogP contribution in [-0.2, 0) is 19.6 Å². The standard InChI is InChI=1S/C19H23N5O3/c1-12-16(14(3)27-22-12)10-23-6-7-24-11-17(21-18(24)13(23)2)19(25)20-9-15-5-4-8-26-15/h4-5,8,11,13H,6-7,9-10H2,1-3H3,(H,20,25)/t13-/m1/s1. The summed E-state index contributed by atoms with van der Waals surface area (Å²) in [4.78, 5) is 19.4. The molecule has 0 aliphatic carbocycles. The monoisotopic (exact) mass is 369 g/mol. The van der Waals surface area contributed by atoms with E-state index in [9.17, 15) is 4.79 Å². The van der Waals surface area contributed by atoms with Crippen LogP contribution in [0.1, 0.15) is 52.1 Å². The molecule has 0 unspecified atom stereocenters. The van der Waals surface area contributed by atoms with Gasteiger partial charge in [0.25, 0.3) is 5.91 Å². The molecule has 8 nitrogen and oxygen atoms in total. The lowest BCUT2D eigenvalue weighted by molar-refractivity contribution is 0.0943. The van der Waals surface area contributed by atoms with Crippen molar-refractivity contribution in [2.75, 3.05) is 6.54 Å². The number of imidazole rings is 1. The average molecular weight is 369 g/mol. The zero-order valence-corrected chi connectivity index (χ0v) is 15.7. The fraction of sp³-hybridized carbons (Fsp3) is 0.421. The number of fused-ring (bicyclic) bond motifs is 1. The van der Waals surface area contributed by atoms with E-state index in [2.05, 4.69) is 31.8 Å². The predicted octanol–water partition coefficient (Wildman–Crippen LogP) is 2.59. The molecule has 3 aromatic rings. The Balaban J connectivity index is 1.46. The van der Waals surface area contributed by atoms with Crippen LogP contribution in [0.2, 0.25) is 0 Å². The molecular weight excluding hydrogens is 346 g/mol. The van der Waals surface area contributed by atoms with Gasteiger partial charge in [0.15, 0.2) is 0 Å². The molecule has 142 valence electrons. The number of hydrogen-bond donors (Lipinski definition) is 1. The van der Waals surface area contributed by atoms with Gasteiger partial charge in [-0.25, -0.2) is 4.98 Å². The maximum absolute atomic E-state index is 12.4. The third-order valence-electron chi connectivity index (χ3n) is 5.14. The molecule has 0 saturated heterocycles. The maximum atomic E-state index is 12.4. The van der Waals surface area contributed by atoms with Crippen LogP contribution in [0.5, 0.6) is 0 Å². The van der Waals surface area contributed by atoms with E-state index in [4.69, 9.17) is 8.94 Å². The van der Waals surface area contributed by atoms with Gasteiger partial charge in [0.2, 0.25) is 0 Å². The number of carbonyl (C=O) groups excluding carboxylic acids is 1. The summed E-state index contributed by atoms with van der Waals surface area (Å²) in [5.41, 5.74) is 2.48. The molecule has 3 aromatic heterocycles. The fourth-order valence-corrected chi connectivity index (χ4v) is 3.46. The molecule has 0 spiro atoms. The number of furan rings is 1. The first-order valence-electron chi connectivity index (χ1n) is 9.06.